The molecule has 0 unspecified atom stereocenters. The second-order valence-corrected chi connectivity index (χ2v) is 6.75. The average molecular weight is 325 g/mol. The molecule has 2 N–H and O–H groups in total. The van der Waals surface area contributed by atoms with Gasteiger partial charge in [0.2, 0.25) is 5.95 Å². The number of halogens is 2. The minimum atomic E-state index is -0.0720. The molecule has 0 aliphatic rings. The lowest BCUT2D eigenvalue weighted by Crippen LogP contribution is -2.27. The molecule has 2 aromatic rings. The van der Waals surface area contributed by atoms with Gasteiger partial charge in [-0.3, -0.25) is 0 Å². The molecule has 0 aliphatic carbocycles. The number of aromatic nitrogens is 2. The first-order valence-corrected chi connectivity index (χ1v) is 7.34. The molecule has 21 heavy (non-hydrogen) atoms. The van der Waals surface area contributed by atoms with E-state index in [1.807, 2.05) is 13.0 Å². The highest BCUT2D eigenvalue weighted by Crippen LogP contribution is 2.25. The molecule has 0 amide bonds. The molecule has 0 bridgehead atoms. The van der Waals surface area contributed by atoms with Crippen LogP contribution in [0, 0.1) is 6.92 Å². The summed E-state index contributed by atoms with van der Waals surface area (Å²) in [7, 11) is 0. The van der Waals surface area contributed by atoms with E-state index in [1.54, 1.807) is 18.2 Å². The molecule has 0 saturated heterocycles. The van der Waals surface area contributed by atoms with Gasteiger partial charge in [0.05, 0.1) is 0 Å². The molecule has 0 spiro atoms. The minimum Gasteiger partial charge on any atom is -0.365 e. The number of rotatable bonds is 3. The van der Waals surface area contributed by atoms with Crippen LogP contribution in [0.3, 0.4) is 0 Å². The maximum atomic E-state index is 5.99. The van der Waals surface area contributed by atoms with E-state index in [1.165, 1.54) is 0 Å². The Bertz CT molecular complexity index is 630. The van der Waals surface area contributed by atoms with Gasteiger partial charge in [0.1, 0.15) is 5.82 Å². The summed E-state index contributed by atoms with van der Waals surface area (Å²) in [5.41, 5.74) is 1.55. The van der Waals surface area contributed by atoms with Gasteiger partial charge in [-0.25, -0.2) is 4.98 Å². The SMILES string of the molecule is Cc1cc(NC(C)(C)C)nc(Nc2cc(Cl)cc(Cl)c2)n1. The first-order chi connectivity index (χ1) is 9.71. The Labute approximate surface area is 134 Å². The van der Waals surface area contributed by atoms with Crippen LogP contribution in [0.4, 0.5) is 17.5 Å². The number of nitrogens with one attached hydrogen (secondary N) is 2. The largest absolute Gasteiger partial charge is 0.365 e. The van der Waals surface area contributed by atoms with Crippen LogP contribution in [0.25, 0.3) is 0 Å². The lowest BCUT2D eigenvalue weighted by Gasteiger charge is -2.21. The zero-order chi connectivity index (χ0) is 15.6. The molecule has 0 radical (unpaired) electrons. The maximum absolute atomic E-state index is 5.99. The van der Waals surface area contributed by atoms with Crippen molar-refractivity contribution in [2.75, 3.05) is 10.6 Å². The Hall–Kier alpha value is -1.52. The third-order valence-corrected chi connectivity index (χ3v) is 2.91. The molecule has 0 aliphatic heterocycles. The smallest absolute Gasteiger partial charge is 0.229 e. The lowest BCUT2D eigenvalue weighted by molar-refractivity contribution is 0.630. The van der Waals surface area contributed by atoms with E-state index in [9.17, 15) is 0 Å². The van der Waals surface area contributed by atoms with Gasteiger partial charge in [-0.05, 0) is 45.9 Å². The minimum absolute atomic E-state index is 0.0720. The summed E-state index contributed by atoms with van der Waals surface area (Å²) in [5, 5.41) is 7.57. The second kappa shape index (κ2) is 6.08. The van der Waals surface area contributed by atoms with Gasteiger partial charge in [0.25, 0.3) is 0 Å². The summed E-state index contributed by atoms with van der Waals surface area (Å²) >= 11 is 12.0. The molecule has 2 rings (SSSR count). The number of hydrogen-bond donors (Lipinski definition) is 2. The normalized spacial score (nSPS) is 11.3. The molecule has 6 heteroatoms. The molecule has 0 saturated carbocycles. The summed E-state index contributed by atoms with van der Waals surface area (Å²) in [6.07, 6.45) is 0. The Balaban J connectivity index is 2.27. The van der Waals surface area contributed by atoms with E-state index in [2.05, 4.69) is 41.4 Å². The van der Waals surface area contributed by atoms with Crippen LogP contribution >= 0.6 is 23.2 Å². The predicted molar refractivity (Wildman–Crippen MR) is 89.9 cm³/mol. The first-order valence-electron chi connectivity index (χ1n) is 6.58. The van der Waals surface area contributed by atoms with Gasteiger partial charge in [-0.2, -0.15) is 4.98 Å². The number of anilines is 3. The maximum Gasteiger partial charge on any atom is 0.229 e. The summed E-state index contributed by atoms with van der Waals surface area (Å²) in [6, 6.07) is 7.13. The van der Waals surface area contributed by atoms with Crippen molar-refractivity contribution in [3.05, 3.63) is 40.0 Å². The van der Waals surface area contributed by atoms with Crippen molar-refractivity contribution in [1.82, 2.24) is 9.97 Å². The lowest BCUT2D eigenvalue weighted by atomic mass is 10.1. The molecular formula is C15H18Cl2N4. The molecule has 112 valence electrons. The van der Waals surface area contributed by atoms with Crippen LogP contribution in [0.5, 0.6) is 0 Å². The molecule has 1 aromatic heterocycles. The van der Waals surface area contributed by atoms with Crippen molar-refractivity contribution >= 4 is 40.7 Å². The van der Waals surface area contributed by atoms with E-state index in [0.717, 1.165) is 17.2 Å². The number of aryl methyl sites for hydroxylation is 1. The summed E-state index contributed by atoms with van der Waals surface area (Å²) in [6.45, 7) is 8.16. The van der Waals surface area contributed by atoms with Crippen LogP contribution < -0.4 is 10.6 Å². The van der Waals surface area contributed by atoms with Gasteiger partial charge in [-0.15, -0.1) is 0 Å². The summed E-state index contributed by atoms with van der Waals surface area (Å²) in [5.74, 6) is 1.27. The fourth-order valence-electron chi connectivity index (χ4n) is 1.83. The van der Waals surface area contributed by atoms with E-state index in [0.29, 0.717) is 16.0 Å². The van der Waals surface area contributed by atoms with E-state index in [-0.39, 0.29) is 5.54 Å². The Morgan fingerprint density at radius 2 is 1.57 bits per heavy atom. The van der Waals surface area contributed by atoms with Crippen LogP contribution in [-0.2, 0) is 0 Å². The van der Waals surface area contributed by atoms with Crippen molar-refractivity contribution in [2.24, 2.45) is 0 Å². The fourth-order valence-corrected chi connectivity index (χ4v) is 2.35. The van der Waals surface area contributed by atoms with Crippen molar-refractivity contribution in [1.29, 1.82) is 0 Å². The van der Waals surface area contributed by atoms with Crippen molar-refractivity contribution in [3.8, 4) is 0 Å². The quantitative estimate of drug-likeness (QED) is 0.829. The predicted octanol–water partition coefficient (Wildman–Crippen LogP) is 5.05. The van der Waals surface area contributed by atoms with Gasteiger partial charge in [-0.1, -0.05) is 23.2 Å². The topological polar surface area (TPSA) is 49.8 Å². The standard InChI is InChI=1S/C15H18Cl2N4/c1-9-5-13(21-15(2,3)4)20-14(18-9)19-12-7-10(16)6-11(17)8-12/h5-8H,1-4H3,(H2,18,19,20,21). The zero-order valence-electron chi connectivity index (χ0n) is 12.5. The zero-order valence-corrected chi connectivity index (χ0v) is 14.0. The highest BCUT2D eigenvalue weighted by atomic mass is 35.5. The monoisotopic (exact) mass is 324 g/mol. The second-order valence-electron chi connectivity index (χ2n) is 5.88. The van der Waals surface area contributed by atoms with Crippen molar-refractivity contribution in [2.45, 2.75) is 33.2 Å². The molecule has 0 atom stereocenters. The van der Waals surface area contributed by atoms with Crippen LogP contribution in [-0.4, -0.2) is 15.5 Å². The van der Waals surface area contributed by atoms with Gasteiger partial charge >= 0.3 is 0 Å². The summed E-state index contributed by atoms with van der Waals surface area (Å²) < 4.78 is 0. The van der Waals surface area contributed by atoms with Crippen molar-refractivity contribution in [3.63, 3.8) is 0 Å². The molecule has 1 aromatic carbocycles. The van der Waals surface area contributed by atoms with Gasteiger partial charge in [0.15, 0.2) is 0 Å². The Morgan fingerprint density at radius 1 is 0.952 bits per heavy atom. The van der Waals surface area contributed by atoms with Crippen LogP contribution in [0.2, 0.25) is 10.0 Å². The first kappa shape index (κ1) is 15.9. The van der Waals surface area contributed by atoms with Gasteiger partial charge in [0, 0.05) is 33.0 Å². The van der Waals surface area contributed by atoms with E-state index < -0.39 is 0 Å². The van der Waals surface area contributed by atoms with E-state index >= 15 is 0 Å². The molecule has 0 fully saturated rings. The number of hydrogen-bond acceptors (Lipinski definition) is 4. The number of nitrogens with zero attached hydrogens (tertiary/aromatic N) is 2. The van der Waals surface area contributed by atoms with Gasteiger partial charge < -0.3 is 10.6 Å². The summed E-state index contributed by atoms with van der Waals surface area (Å²) in [4.78, 5) is 8.82. The van der Waals surface area contributed by atoms with Crippen LogP contribution in [0.1, 0.15) is 26.5 Å². The highest BCUT2D eigenvalue weighted by molar-refractivity contribution is 6.35. The third kappa shape index (κ3) is 5.06. The van der Waals surface area contributed by atoms with E-state index in [4.69, 9.17) is 23.2 Å². The van der Waals surface area contributed by atoms with Crippen LogP contribution in [0.15, 0.2) is 24.3 Å². The molecule has 4 nitrogen and oxygen atoms in total. The van der Waals surface area contributed by atoms with Crippen molar-refractivity contribution < 1.29 is 0 Å². The molecule has 1 heterocycles. The molecular weight excluding hydrogens is 307 g/mol. The average Bonchev–Trinajstić information content (AvgIpc) is 2.23. The Morgan fingerprint density at radius 3 is 2.14 bits per heavy atom. The fraction of sp³-hybridized carbons (Fsp3) is 0.333. The highest BCUT2D eigenvalue weighted by Gasteiger charge is 2.12. The Kier molecular flexibility index (Phi) is 4.59. The third-order valence-electron chi connectivity index (χ3n) is 2.48. The number of benzene rings is 1.